The lowest BCUT2D eigenvalue weighted by Gasteiger charge is -2.21. The summed E-state index contributed by atoms with van der Waals surface area (Å²) in [5.74, 6) is -1.32. The van der Waals surface area contributed by atoms with Gasteiger partial charge in [0, 0.05) is 30.7 Å². The molecule has 0 N–H and O–H groups in total. The fourth-order valence-corrected chi connectivity index (χ4v) is 3.42. The molecule has 0 heterocycles. The summed E-state index contributed by atoms with van der Waals surface area (Å²) < 4.78 is 59.5. The van der Waals surface area contributed by atoms with Crippen molar-refractivity contribution < 1.29 is 27.1 Å². The molecule has 0 radical (unpaired) electrons. The van der Waals surface area contributed by atoms with E-state index in [1.165, 1.54) is 37.3 Å². The summed E-state index contributed by atoms with van der Waals surface area (Å²) in [6, 6.07) is 9.26. The monoisotopic (exact) mass is 435 g/mol. The lowest BCUT2D eigenvalue weighted by atomic mass is 9.84. The fourth-order valence-electron chi connectivity index (χ4n) is 3.42. The van der Waals surface area contributed by atoms with Crippen LogP contribution in [0, 0.1) is 5.82 Å². The van der Waals surface area contributed by atoms with Crippen LogP contribution in [-0.4, -0.2) is 18.5 Å². The third-order valence-electron chi connectivity index (χ3n) is 5.00. The van der Waals surface area contributed by atoms with Crippen LogP contribution < -0.4 is 4.74 Å². The molecule has 2 aromatic carbocycles. The summed E-state index contributed by atoms with van der Waals surface area (Å²) in [5.41, 5.74) is 1.20. The molecule has 1 unspecified atom stereocenters. The molecule has 0 bridgehead atoms. The molecule has 0 saturated heterocycles. The van der Waals surface area contributed by atoms with E-state index in [1.807, 2.05) is 19.9 Å². The number of nitrogens with zero attached hydrogens (tertiary/aromatic N) is 1. The number of hydrogen-bond acceptors (Lipinski definition) is 3. The van der Waals surface area contributed by atoms with Gasteiger partial charge >= 0.3 is 6.18 Å². The number of aliphatic imine (C=N–C) groups is 1. The standard InChI is InChI=1S/C24H25F4NO2/c1-5-19(16(3)29-4)20(12-15(2)30)17-10-11-23(22(25)13-17)31-14-18-8-6-7-9-21(18)24(26,27)28/h5-11,13,20H,12,14H2,1-4H3/b19-5+,29-16?. The number of ether oxygens (including phenoxy) is 1. The lowest BCUT2D eigenvalue weighted by Crippen LogP contribution is -2.13. The number of benzene rings is 2. The fraction of sp³-hybridized carbons (Fsp3) is 0.333. The van der Waals surface area contributed by atoms with Gasteiger partial charge in [0.15, 0.2) is 11.6 Å². The van der Waals surface area contributed by atoms with Gasteiger partial charge in [0.1, 0.15) is 12.4 Å². The smallest absolute Gasteiger partial charge is 0.416 e. The molecule has 3 nitrogen and oxygen atoms in total. The molecule has 0 aliphatic heterocycles. The highest BCUT2D eigenvalue weighted by Gasteiger charge is 2.33. The second-order valence-corrected chi connectivity index (χ2v) is 7.15. The number of hydrogen-bond donors (Lipinski definition) is 0. The second-order valence-electron chi connectivity index (χ2n) is 7.15. The van der Waals surface area contributed by atoms with Gasteiger partial charge in [0.25, 0.3) is 0 Å². The van der Waals surface area contributed by atoms with Gasteiger partial charge in [-0.05, 0) is 50.1 Å². The average Bonchev–Trinajstić information content (AvgIpc) is 2.71. The Hall–Kier alpha value is -2.96. The lowest BCUT2D eigenvalue weighted by molar-refractivity contribution is -0.138. The van der Waals surface area contributed by atoms with Gasteiger partial charge in [-0.2, -0.15) is 13.2 Å². The van der Waals surface area contributed by atoms with Crippen molar-refractivity contribution in [2.75, 3.05) is 7.05 Å². The normalized spacial score (nSPS) is 13.8. The minimum atomic E-state index is -4.52. The van der Waals surface area contributed by atoms with Crippen LogP contribution in [0.4, 0.5) is 17.6 Å². The van der Waals surface area contributed by atoms with E-state index in [0.29, 0.717) is 5.56 Å². The van der Waals surface area contributed by atoms with Crippen LogP contribution in [-0.2, 0) is 17.6 Å². The van der Waals surface area contributed by atoms with Crippen LogP contribution in [0.3, 0.4) is 0 Å². The zero-order valence-electron chi connectivity index (χ0n) is 17.9. The van der Waals surface area contributed by atoms with Crippen molar-refractivity contribution in [1.82, 2.24) is 0 Å². The predicted molar refractivity (Wildman–Crippen MR) is 113 cm³/mol. The Kier molecular flexibility index (Phi) is 8.14. The van der Waals surface area contributed by atoms with Gasteiger partial charge in [-0.15, -0.1) is 0 Å². The largest absolute Gasteiger partial charge is 0.486 e. The molecule has 0 amide bonds. The molecule has 166 valence electrons. The molecule has 2 rings (SSSR count). The molecule has 0 saturated carbocycles. The third-order valence-corrected chi connectivity index (χ3v) is 5.00. The summed E-state index contributed by atoms with van der Waals surface area (Å²) in [6.45, 7) is 4.67. The molecule has 31 heavy (non-hydrogen) atoms. The number of allylic oxidation sites excluding steroid dienone is 2. The van der Waals surface area contributed by atoms with Crippen molar-refractivity contribution in [2.45, 2.75) is 45.9 Å². The topological polar surface area (TPSA) is 38.7 Å². The molecule has 1 atom stereocenters. The molecule has 0 aliphatic carbocycles. The zero-order chi connectivity index (χ0) is 23.2. The number of halogens is 4. The first-order valence-corrected chi connectivity index (χ1v) is 9.75. The minimum absolute atomic E-state index is 0.0576. The first-order valence-electron chi connectivity index (χ1n) is 9.75. The van der Waals surface area contributed by atoms with Crippen LogP contribution in [0.1, 0.15) is 49.8 Å². The van der Waals surface area contributed by atoms with Gasteiger partial charge in [-0.25, -0.2) is 4.39 Å². The molecule has 7 heteroatoms. The van der Waals surface area contributed by atoms with E-state index in [2.05, 4.69) is 4.99 Å². The maximum absolute atomic E-state index is 14.8. The van der Waals surface area contributed by atoms with E-state index in [0.717, 1.165) is 17.4 Å². The van der Waals surface area contributed by atoms with Gasteiger partial charge < -0.3 is 4.74 Å². The van der Waals surface area contributed by atoms with Gasteiger partial charge in [-0.1, -0.05) is 30.3 Å². The van der Waals surface area contributed by atoms with Gasteiger partial charge in [0.2, 0.25) is 0 Å². The number of carbonyl (C=O) groups excluding carboxylic acids is 1. The number of rotatable bonds is 8. The van der Waals surface area contributed by atoms with Gasteiger partial charge in [-0.3, -0.25) is 9.79 Å². The highest BCUT2D eigenvalue weighted by molar-refractivity contribution is 6.00. The summed E-state index contributed by atoms with van der Waals surface area (Å²) in [4.78, 5) is 16.0. The highest BCUT2D eigenvalue weighted by Crippen LogP contribution is 2.34. The van der Waals surface area contributed by atoms with Crippen molar-refractivity contribution in [1.29, 1.82) is 0 Å². The number of Topliss-reactive ketones (excluding diaryl/α,β-unsaturated/α-hetero) is 1. The molecular formula is C24H25F4NO2. The quantitative estimate of drug-likeness (QED) is 0.350. The van der Waals surface area contributed by atoms with Crippen molar-refractivity contribution in [2.24, 2.45) is 4.99 Å². The highest BCUT2D eigenvalue weighted by atomic mass is 19.4. The minimum Gasteiger partial charge on any atom is -0.486 e. The maximum Gasteiger partial charge on any atom is 0.416 e. The van der Waals surface area contributed by atoms with E-state index in [1.54, 1.807) is 13.1 Å². The van der Waals surface area contributed by atoms with E-state index in [-0.39, 0.29) is 29.4 Å². The number of carbonyl (C=O) groups is 1. The molecule has 0 fully saturated rings. The molecule has 0 aliphatic rings. The third kappa shape index (κ3) is 6.26. The number of alkyl halides is 3. The van der Waals surface area contributed by atoms with E-state index in [9.17, 15) is 22.4 Å². The van der Waals surface area contributed by atoms with Crippen molar-refractivity contribution in [3.8, 4) is 5.75 Å². The first-order chi connectivity index (χ1) is 14.6. The maximum atomic E-state index is 14.8. The number of ketones is 1. The summed E-state index contributed by atoms with van der Waals surface area (Å²) in [6.07, 6.45) is -2.51. The average molecular weight is 435 g/mol. The van der Waals surface area contributed by atoms with Crippen LogP contribution in [0.25, 0.3) is 0 Å². The van der Waals surface area contributed by atoms with Crippen molar-refractivity contribution in [3.63, 3.8) is 0 Å². The second kappa shape index (κ2) is 10.4. The molecule has 0 spiro atoms. The van der Waals surface area contributed by atoms with Crippen molar-refractivity contribution in [3.05, 3.63) is 76.6 Å². The Labute approximate surface area is 179 Å². The van der Waals surface area contributed by atoms with Crippen LogP contribution >= 0.6 is 0 Å². The van der Waals surface area contributed by atoms with E-state index in [4.69, 9.17) is 4.74 Å². The summed E-state index contributed by atoms with van der Waals surface area (Å²) >= 11 is 0. The van der Waals surface area contributed by atoms with Crippen LogP contribution in [0.5, 0.6) is 5.75 Å². The first kappa shape index (κ1) is 24.3. The van der Waals surface area contributed by atoms with Crippen LogP contribution in [0.2, 0.25) is 0 Å². The predicted octanol–water partition coefficient (Wildman–Crippen LogP) is 6.52. The molecule has 2 aromatic rings. The molecular weight excluding hydrogens is 410 g/mol. The Balaban J connectivity index is 2.31. The Morgan fingerprint density at radius 1 is 1.16 bits per heavy atom. The van der Waals surface area contributed by atoms with E-state index >= 15 is 0 Å². The van der Waals surface area contributed by atoms with Gasteiger partial charge in [0.05, 0.1) is 5.56 Å². The van der Waals surface area contributed by atoms with Crippen molar-refractivity contribution >= 4 is 11.5 Å². The Morgan fingerprint density at radius 3 is 2.39 bits per heavy atom. The summed E-state index contributed by atoms with van der Waals surface area (Å²) in [7, 11) is 1.64. The van der Waals surface area contributed by atoms with Crippen LogP contribution in [0.15, 0.2) is 59.1 Å². The van der Waals surface area contributed by atoms with E-state index < -0.39 is 24.2 Å². The SMILES string of the molecule is C/C=C(\C(C)=NC)C(CC(C)=O)c1ccc(OCc2ccccc2C(F)(F)F)c(F)c1. The Bertz CT molecular complexity index is 993. The zero-order valence-corrected chi connectivity index (χ0v) is 17.9. The summed E-state index contributed by atoms with van der Waals surface area (Å²) in [5, 5.41) is 0. The Morgan fingerprint density at radius 2 is 1.84 bits per heavy atom. The molecule has 0 aromatic heterocycles.